The van der Waals surface area contributed by atoms with Gasteiger partial charge in [-0.15, -0.1) is 24.8 Å². The Labute approximate surface area is 181 Å². The van der Waals surface area contributed by atoms with Crippen molar-refractivity contribution in [1.82, 2.24) is 4.90 Å². The predicted octanol–water partition coefficient (Wildman–Crippen LogP) is 3.58. The summed E-state index contributed by atoms with van der Waals surface area (Å²) >= 11 is 0. The molecule has 1 aromatic carbocycles. The summed E-state index contributed by atoms with van der Waals surface area (Å²) in [5.74, 6) is 0.394. The quantitative estimate of drug-likeness (QED) is 0.665. The number of hydrogen-bond acceptors (Lipinski definition) is 4. The van der Waals surface area contributed by atoms with Crippen molar-refractivity contribution >= 4 is 36.4 Å². The molecule has 1 aliphatic carbocycles. The van der Waals surface area contributed by atoms with Crippen LogP contribution in [0.1, 0.15) is 51.0 Å². The minimum atomic E-state index is -0.406. The number of anilines is 1. The molecule has 0 bridgehead atoms. The van der Waals surface area contributed by atoms with Gasteiger partial charge >= 0.3 is 0 Å². The average Bonchev–Trinajstić information content (AvgIpc) is 2.62. The highest BCUT2D eigenvalue weighted by molar-refractivity contribution is 5.93. The van der Waals surface area contributed by atoms with Gasteiger partial charge in [0.25, 0.3) is 0 Å². The van der Waals surface area contributed by atoms with Gasteiger partial charge in [-0.2, -0.15) is 0 Å². The number of benzene rings is 1. The molecule has 5 nitrogen and oxygen atoms in total. The Morgan fingerprint density at radius 3 is 2.61 bits per heavy atom. The third kappa shape index (κ3) is 6.60. The summed E-state index contributed by atoms with van der Waals surface area (Å²) in [6, 6.07) is 8.15. The topological polar surface area (TPSA) is 78.6 Å². The van der Waals surface area contributed by atoms with Crippen molar-refractivity contribution in [3.05, 3.63) is 29.8 Å². The maximum absolute atomic E-state index is 12.7. The van der Waals surface area contributed by atoms with Crippen molar-refractivity contribution in [3.8, 4) is 0 Å². The number of rotatable bonds is 5. The van der Waals surface area contributed by atoms with E-state index in [0.29, 0.717) is 12.5 Å². The van der Waals surface area contributed by atoms with Crippen LogP contribution in [0.2, 0.25) is 0 Å². The number of aliphatic hydroxyl groups is 1. The molecule has 1 saturated carbocycles. The van der Waals surface area contributed by atoms with E-state index in [-0.39, 0.29) is 36.6 Å². The Balaban J connectivity index is 0.00000196. The van der Waals surface area contributed by atoms with Crippen molar-refractivity contribution in [1.29, 1.82) is 0 Å². The molecule has 7 heteroatoms. The maximum Gasteiger partial charge on any atom is 0.229 e. The second-order valence-corrected chi connectivity index (χ2v) is 8.40. The van der Waals surface area contributed by atoms with Crippen LogP contribution in [0.15, 0.2) is 24.3 Å². The van der Waals surface area contributed by atoms with Crippen LogP contribution in [0.4, 0.5) is 5.69 Å². The summed E-state index contributed by atoms with van der Waals surface area (Å²) in [4.78, 5) is 15.2. The smallest absolute Gasteiger partial charge is 0.229 e. The number of nitrogens with two attached hydrogens (primary N) is 1. The molecule has 2 aliphatic rings. The molecule has 2 unspecified atom stereocenters. The minimum absolute atomic E-state index is 0. The molecule has 1 aromatic rings. The number of nitrogens with one attached hydrogen (secondary N) is 1. The first-order chi connectivity index (χ1) is 12.5. The second-order valence-electron chi connectivity index (χ2n) is 8.40. The van der Waals surface area contributed by atoms with Crippen LogP contribution >= 0.6 is 24.8 Å². The number of piperidine rings is 1. The fraction of sp³-hybridized carbons (Fsp3) is 0.667. The number of likely N-dealkylation sites (tertiary alicyclic amines) is 1. The second kappa shape index (κ2) is 11.4. The van der Waals surface area contributed by atoms with Crippen molar-refractivity contribution < 1.29 is 9.90 Å². The third-order valence-corrected chi connectivity index (χ3v) is 6.14. The molecule has 1 heterocycles. The Morgan fingerprint density at radius 2 is 1.96 bits per heavy atom. The monoisotopic (exact) mass is 431 g/mol. The summed E-state index contributed by atoms with van der Waals surface area (Å²) in [6.07, 6.45) is 6.09. The zero-order valence-electron chi connectivity index (χ0n) is 16.7. The Kier molecular flexibility index (Phi) is 10.2. The molecule has 1 amide bonds. The molecule has 4 N–H and O–H groups in total. The summed E-state index contributed by atoms with van der Waals surface area (Å²) in [5, 5.41) is 12.4. The van der Waals surface area contributed by atoms with Crippen LogP contribution in [0.5, 0.6) is 0 Å². The number of carbonyl (C=O) groups excluding carboxylic acids is 1. The molecule has 160 valence electrons. The van der Waals surface area contributed by atoms with Gasteiger partial charge in [-0.3, -0.25) is 9.69 Å². The maximum atomic E-state index is 12.7. The van der Waals surface area contributed by atoms with E-state index >= 15 is 0 Å². The van der Waals surface area contributed by atoms with E-state index in [4.69, 9.17) is 5.73 Å². The Bertz CT molecular complexity index is 619. The van der Waals surface area contributed by atoms with Gasteiger partial charge in [-0.05, 0) is 69.3 Å². The van der Waals surface area contributed by atoms with E-state index in [2.05, 4.69) is 22.3 Å². The molecule has 1 saturated heterocycles. The van der Waals surface area contributed by atoms with Crippen molar-refractivity contribution in [2.45, 2.75) is 57.5 Å². The first-order valence-electron chi connectivity index (χ1n) is 10.00. The number of aliphatic hydroxyl groups excluding tert-OH is 1. The molecular weight excluding hydrogens is 397 g/mol. The van der Waals surface area contributed by atoms with Gasteiger partial charge in [0, 0.05) is 24.4 Å². The lowest BCUT2D eigenvalue weighted by molar-refractivity contribution is -0.122. The largest absolute Gasteiger partial charge is 0.396 e. The summed E-state index contributed by atoms with van der Waals surface area (Å²) in [6.45, 7) is 5.24. The zero-order valence-corrected chi connectivity index (χ0v) is 18.4. The fourth-order valence-corrected chi connectivity index (χ4v) is 4.35. The highest BCUT2D eigenvalue weighted by Crippen LogP contribution is 2.32. The molecule has 0 spiro atoms. The van der Waals surface area contributed by atoms with Crippen molar-refractivity contribution in [3.63, 3.8) is 0 Å². The number of nitrogens with zero attached hydrogens (tertiary/aromatic N) is 1. The molecule has 2 atom stereocenters. The lowest BCUT2D eigenvalue weighted by Gasteiger charge is -2.37. The van der Waals surface area contributed by atoms with Crippen LogP contribution in [0.3, 0.4) is 0 Å². The first kappa shape index (κ1) is 25.2. The van der Waals surface area contributed by atoms with E-state index in [0.717, 1.165) is 63.8 Å². The highest BCUT2D eigenvalue weighted by Gasteiger charge is 2.37. The Morgan fingerprint density at radius 1 is 1.25 bits per heavy atom. The van der Waals surface area contributed by atoms with E-state index in [1.54, 1.807) is 0 Å². The number of hydrogen-bond donors (Lipinski definition) is 3. The van der Waals surface area contributed by atoms with Gasteiger partial charge < -0.3 is 16.2 Å². The van der Waals surface area contributed by atoms with Crippen LogP contribution in [0.25, 0.3) is 0 Å². The van der Waals surface area contributed by atoms with E-state index in [1.807, 2.05) is 19.1 Å². The van der Waals surface area contributed by atoms with Crippen LogP contribution in [-0.2, 0) is 11.3 Å². The highest BCUT2D eigenvalue weighted by atomic mass is 35.5. The lowest BCUT2D eigenvalue weighted by atomic mass is 9.74. The number of halogens is 2. The Hall–Kier alpha value is -0.850. The third-order valence-electron chi connectivity index (χ3n) is 6.14. The fourth-order valence-electron chi connectivity index (χ4n) is 4.35. The van der Waals surface area contributed by atoms with Gasteiger partial charge in [-0.25, -0.2) is 0 Å². The molecule has 1 aliphatic heterocycles. The number of carbonyl (C=O) groups is 1. The standard InChI is InChI=1S/C21H33N3O2.2ClH/c1-21(22)10-3-2-7-19(21)20(26)23-18-6-4-5-17(13-18)14-24-11-8-16(15-25)9-12-24;;/h4-6,13,16,19,25H,2-3,7-12,14-15,22H2,1H3,(H,23,26);2*1H. The number of amides is 1. The summed E-state index contributed by atoms with van der Waals surface area (Å²) in [7, 11) is 0. The molecule has 2 fully saturated rings. The zero-order chi connectivity index (χ0) is 18.6. The average molecular weight is 432 g/mol. The van der Waals surface area contributed by atoms with Crippen molar-refractivity contribution in [2.75, 3.05) is 25.0 Å². The van der Waals surface area contributed by atoms with Crippen molar-refractivity contribution in [2.24, 2.45) is 17.6 Å². The SMILES string of the molecule is CC1(N)CCCCC1C(=O)Nc1cccc(CN2CCC(CO)CC2)c1.Cl.Cl. The van der Waals surface area contributed by atoms with Gasteiger partial charge in [0.2, 0.25) is 5.91 Å². The summed E-state index contributed by atoms with van der Waals surface area (Å²) < 4.78 is 0. The molecule has 3 rings (SSSR count). The van der Waals surface area contributed by atoms with E-state index in [9.17, 15) is 9.90 Å². The summed E-state index contributed by atoms with van der Waals surface area (Å²) in [5.41, 5.74) is 8.03. The molecule has 0 radical (unpaired) electrons. The molecular formula is C21H35Cl2N3O2. The van der Waals surface area contributed by atoms with Crippen LogP contribution in [0, 0.1) is 11.8 Å². The van der Waals surface area contributed by atoms with E-state index in [1.165, 1.54) is 5.56 Å². The normalized spacial score (nSPS) is 26.0. The van der Waals surface area contributed by atoms with Gasteiger partial charge in [0.05, 0.1) is 5.92 Å². The minimum Gasteiger partial charge on any atom is -0.396 e. The van der Waals surface area contributed by atoms with Gasteiger partial charge in [0.15, 0.2) is 0 Å². The molecule has 0 aromatic heterocycles. The van der Waals surface area contributed by atoms with Gasteiger partial charge in [-0.1, -0.05) is 25.0 Å². The predicted molar refractivity (Wildman–Crippen MR) is 119 cm³/mol. The van der Waals surface area contributed by atoms with Crippen LogP contribution in [-0.4, -0.2) is 41.1 Å². The first-order valence-corrected chi connectivity index (χ1v) is 10.00. The van der Waals surface area contributed by atoms with E-state index < -0.39 is 5.54 Å². The lowest BCUT2D eigenvalue weighted by Crippen LogP contribution is -2.51. The molecule has 28 heavy (non-hydrogen) atoms. The van der Waals surface area contributed by atoms with Gasteiger partial charge in [0.1, 0.15) is 0 Å². The van der Waals surface area contributed by atoms with Crippen LogP contribution < -0.4 is 11.1 Å².